The number of rotatable bonds is 7. The van der Waals surface area contributed by atoms with E-state index in [9.17, 15) is 0 Å². The molecule has 5 nitrogen and oxygen atoms in total. The van der Waals surface area contributed by atoms with Gasteiger partial charge in [-0.25, -0.2) is 0 Å². The molecule has 114 valence electrons. The molecular weight excluding hydrogens is 286 g/mol. The molecule has 0 radical (unpaired) electrons. The predicted molar refractivity (Wildman–Crippen MR) is 85.2 cm³/mol. The van der Waals surface area contributed by atoms with Crippen LogP contribution in [0.2, 0.25) is 0 Å². The van der Waals surface area contributed by atoms with Gasteiger partial charge in [-0.15, -0.1) is 10.2 Å². The van der Waals surface area contributed by atoms with E-state index >= 15 is 0 Å². The van der Waals surface area contributed by atoms with E-state index in [1.54, 1.807) is 25.6 Å². The van der Waals surface area contributed by atoms with Gasteiger partial charge in [0.1, 0.15) is 10.0 Å². The van der Waals surface area contributed by atoms with E-state index in [0.717, 1.165) is 28.5 Å². The Labute approximate surface area is 129 Å². The quantitative estimate of drug-likeness (QED) is 0.850. The van der Waals surface area contributed by atoms with Crippen LogP contribution in [-0.4, -0.2) is 31.0 Å². The molecule has 2 rings (SSSR count). The summed E-state index contributed by atoms with van der Waals surface area (Å²) in [5.41, 5.74) is 0.985. The van der Waals surface area contributed by atoms with Gasteiger partial charge < -0.3 is 14.8 Å². The molecule has 1 N–H and O–H groups in total. The highest BCUT2D eigenvalue weighted by Crippen LogP contribution is 2.34. The molecular formula is C15H21N3O2S. The first-order chi connectivity index (χ1) is 10.2. The molecule has 0 amide bonds. The molecule has 0 saturated carbocycles. The maximum atomic E-state index is 5.32. The van der Waals surface area contributed by atoms with E-state index in [4.69, 9.17) is 9.47 Å². The zero-order valence-electron chi connectivity index (χ0n) is 12.8. The molecule has 0 fully saturated rings. The van der Waals surface area contributed by atoms with Gasteiger partial charge in [0.25, 0.3) is 0 Å². The van der Waals surface area contributed by atoms with Crippen molar-refractivity contribution in [2.24, 2.45) is 0 Å². The van der Waals surface area contributed by atoms with Crippen molar-refractivity contribution in [1.29, 1.82) is 0 Å². The number of ether oxygens (including phenoxy) is 2. The molecule has 1 heterocycles. The topological polar surface area (TPSA) is 56.3 Å². The van der Waals surface area contributed by atoms with Crippen LogP contribution >= 0.6 is 11.3 Å². The normalized spacial score (nSPS) is 12.2. The predicted octanol–water partition coefficient (Wildman–Crippen LogP) is 3.28. The van der Waals surface area contributed by atoms with Gasteiger partial charge >= 0.3 is 0 Å². The monoisotopic (exact) mass is 307 g/mol. The van der Waals surface area contributed by atoms with Crippen molar-refractivity contribution >= 4 is 11.3 Å². The third-order valence-corrected chi connectivity index (χ3v) is 4.30. The molecule has 6 heteroatoms. The molecule has 0 spiro atoms. The molecule has 1 unspecified atom stereocenters. The van der Waals surface area contributed by atoms with Gasteiger partial charge in [0.2, 0.25) is 0 Å². The highest BCUT2D eigenvalue weighted by molar-refractivity contribution is 7.14. The summed E-state index contributed by atoms with van der Waals surface area (Å²) < 4.78 is 10.6. The van der Waals surface area contributed by atoms with Crippen molar-refractivity contribution in [1.82, 2.24) is 15.5 Å². The lowest BCUT2D eigenvalue weighted by molar-refractivity contribution is 0.355. The van der Waals surface area contributed by atoms with E-state index < -0.39 is 0 Å². The zero-order valence-corrected chi connectivity index (χ0v) is 13.7. The number of methoxy groups -OCH3 is 2. The van der Waals surface area contributed by atoms with Crippen LogP contribution in [0, 0.1) is 0 Å². The van der Waals surface area contributed by atoms with Crippen molar-refractivity contribution in [2.45, 2.75) is 26.3 Å². The molecule has 21 heavy (non-hydrogen) atoms. The van der Waals surface area contributed by atoms with Crippen LogP contribution in [0.5, 0.6) is 11.5 Å². The van der Waals surface area contributed by atoms with Gasteiger partial charge in [-0.3, -0.25) is 0 Å². The summed E-state index contributed by atoms with van der Waals surface area (Å²) in [5, 5.41) is 13.9. The summed E-state index contributed by atoms with van der Waals surface area (Å²) in [6.07, 6.45) is 1.10. The number of aromatic nitrogens is 2. The van der Waals surface area contributed by atoms with Crippen LogP contribution in [-0.2, 0) is 0 Å². The Morgan fingerprint density at radius 2 is 1.95 bits per heavy atom. The summed E-state index contributed by atoms with van der Waals surface area (Å²) in [5.74, 6) is 1.41. The SMILES string of the molecule is CCCNC(C)c1nnc(-c2ccc(OC)c(OC)c2)s1. The first-order valence-corrected chi connectivity index (χ1v) is 7.80. The first kappa shape index (κ1) is 15.7. The second-order valence-electron chi connectivity index (χ2n) is 4.69. The molecule has 0 bridgehead atoms. The Morgan fingerprint density at radius 1 is 1.19 bits per heavy atom. The van der Waals surface area contributed by atoms with Crippen molar-refractivity contribution in [3.8, 4) is 22.1 Å². The molecule has 0 aliphatic rings. The van der Waals surface area contributed by atoms with Crippen LogP contribution < -0.4 is 14.8 Å². The van der Waals surface area contributed by atoms with Gasteiger partial charge in [-0.1, -0.05) is 18.3 Å². The molecule has 1 aromatic carbocycles. The smallest absolute Gasteiger partial charge is 0.161 e. The van der Waals surface area contributed by atoms with Crippen molar-refractivity contribution in [2.75, 3.05) is 20.8 Å². The van der Waals surface area contributed by atoms with E-state index in [-0.39, 0.29) is 6.04 Å². The molecule has 1 aromatic heterocycles. The highest BCUT2D eigenvalue weighted by atomic mass is 32.1. The fraction of sp³-hybridized carbons (Fsp3) is 0.467. The largest absolute Gasteiger partial charge is 0.493 e. The fourth-order valence-corrected chi connectivity index (χ4v) is 2.81. The third kappa shape index (κ3) is 3.71. The van der Waals surface area contributed by atoms with E-state index in [2.05, 4.69) is 29.4 Å². The minimum absolute atomic E-state index is 0.219. The maximum Gasteiger partial charge on any atom is 0.161 e. The van der Waals surface area contributed by atoms with Gasteiger partial charge in [-0.05, 0) is 38.1 Å². The number of benzene rings is 1. The van der Waals surface area contributed by atoms with Crippen molar-refractivity contribution < 1.29 is 9.47 Å². The number of hydrogen-bond acceptors (Lipinski definition) is 6. The Balaban J connectivity index is 2.21. The van der Waals surface area contributed by atoms with Crippen LogP contribution in [0.25, 0.3) is 10.6 Å². The van der Waals surface area contributed by atoms with Gasteiger partial charge in [0, 0.05) is 5.56 Å². The average Bonchev–Trinajstić information content (AvgIpc) is 3.01. The summed E-state index contributed by atoms with van der Waals surface area (Å²) >= 11 is 1.60. The standard InChI is InChI=1S/C15H21N3O2S/c1-5-8-16-10(2)14-17-18-15(21-14)11-6-7-12(19-3)13(9-11)20-4/h6-7,9-10,16H,5,8H2,1-4H3. The molecule has 0 aliphatic heterocycles. The lowest BCUT2D eigenvalue weighted by atomic mass is 10.2. The van der Waals surface area contributed by atoms with Gasteiger partial charge in [-0.2, -0.15) is 0 Å². The molecule has 2 aromatic rings. The minimum Gasteiger partial charge on any atom is -0.493 e. The van der Waals surface area contributed by atoms with Gasteiger partial charge in [0.15, 0.2) is 11.5 Å². The van der Waals surface area contributed by atoms with E-state index in [1.165, 1.54) is 0 Å². The lowest BCUT2D eigenvalue weighted by Gasteiger charge is -2.08. The number of hydrogen-bond donors (Lipinski definition) is 1. The summed E-state index contributed by atoms with van der Waals surface area (Å²) in [6.45, 7) is 5.23. The van der Waals surface area contributed by atoms with E-state index in [1.807, 2.05) is 18.2 Å². The van der Waals surface area contributed by atoms with Gasteiger partial charge in [0.05, 0.1) is 20.3 Å². The fourth-order valence-electron chi connectivity index (χ4n) is 1.94. The lowest BCUT2D eigenvalue weighted by Crippen LogP contribution is -2.18. The summed E-state index contributed by atoms with van der Waals surface area (Å²) in [7, 11) is 3.26. The molecule has 0 aliphatic carbocycles. The van der Waals surface area contributed by atoms with Crippen LogP contribution in [0.1, 0.15) is 31.3 Å². The van der Waals surface area contributed by atoms with Crippen LogP contribution in [0.3, 0.4) is 0 Å². The highest BCUT2D eigenvalue weighted by Gasteiger charge is 2.14. The summed E-state index contributed by atoms with van der Waals surface area (Å²) in [4.78, 5) is 0. The average molecular weight is 307 g/mol. The number of nitrogens with one attached hydrogen (secondary N) is 1. The molecule has 1 atom stereocenters. The summed E-state index contributed by atoms with van der Waals surface area (Å²) in [6, 6.07) is 5.99. The maximum absolute atomic E-state index is 5.32. The molecule has 0 saturated heterocycles. The van der Waals surface area contributed by atoms with E-state index in [0.29, 0.717) is 11.5 Å². The minimum atomic E-state index is 0.219. The second-order valence-corrected chi connectivity index (χ2v) is 5.70. The second kappa shape index (κ2) is 7.38. The Kier molecular flexibility index (Phi) is 5.52. The van der Waals surface area contributed by atoms with Crippen LogP contribution in [0.15, 0.2) is 18.2 Å². The van der Waals surface area contributed by atoms with Crippen LogP contribution in [0.4, 0.5) is 0 Å². The van der Waals surface area contributed by atoms with Crippen molar-refractivity contribution in [3.63, 3.8) is 0 Å². The third-order valence-electron chi connectivity index (χ3n) is 3.14. The zero-order chi connectivity index (χ0) is 15.2. The Morgan fingerprint density at radius 3 is 2.62 bits per heavy atom. The van der Waals surface area contributed by atoms with Crippen molar-refractivity contribution in [3.05, 3.63) is 23.2 Å². The Bertz CT molecular complexity index is 586. The Hall–Kier alpha value is -1.66. The number of nitrogens with zero attached hydrogens (tertiary/aromatic N) is 2. The first-order valence-electron chi connectivity index (χ1n) is 6.98.